The Balaban J connectivity index is 2.02. The number of benzene rings is 2. The van der Waals surface area contributed by atoms with Crippen LogP contribution in [-0.2, 0) is 0 Å². The van der Waals surface area contributed by atoms with Gasteiger partial charge >= 0.3 is 0 Å². The number of allylic oxidation sites excluding steroid dienone is 1. The van der Waals surface area contributed by atoms with E-state index in [0.29, 0.717) is 12.5 Å². The van der Waals surface area contributed by atoms with Gasteiger partial charge in [0.2, 0.25) is 6.71 Å². The van der Waals surface area contributed by atoms with E-state index in [-0.39, 0.29) is 0 Å². The van der Waals surface area contributed by atoms with Crippen LogP contribution in [0.1, 0.15) is 6.42 Å². The van der Waals surface area contributed by atoms with Gasteiger partial charge in [0.25, 0.3) is 0 Å². The third kappa shape index (κ3) is 2.05. The van der Waals surface area contributed by atoms with Crippen molar-refractivity contribution < 1.29 is 0 Å². The maximum absolute atomic E-state index is 4.12. The van der Waals surface area contributed by atoms with Gasteiger partial charge in [-0.05, 0) is 12.2 Å². The van der Waals surface area contributed by atoms with Gasteiger partial charge in [-0.15, -0.1) is 6.58 Å². The number of hydrogen-bond donors (Lipinski definition) is 0. The van der Waals surface area contributed by atoms with E-state index in [2.05, 4.69) is 67.2 Å². The minimum Gasteiger partial charge on any atom is -0.100 e. The van der Waals surface area contributed by atoms with Crippen LogP contribution in [0.15, 0.2) is 72.8 Å². The molecule has 1 atom stereocenters. The van der Waals surface area contributed by atoms with Crippen LogP contribution in [0.3, 0.4) is 0 Å². The highest BCUT2D eigenvalue weighted by molar-refractivity contribution is 6.87. The average molecular weight is 218 g/mol. The Morgan fingerprint density at radius 3 is 1.59 bits per heavy atom. The molecule has 0 saturated heterocycles. The molecule has 0 bridgehead atoms. The van der Waals surface area contributed by atoms with Crippen LogP contribution in [0.2, 0.25) is 5.82 Å². The van der Waals surface area contributed by atoms with Crippen LogP contribution in [0.4, 0.5) is 0 Å². The van der Waals surface area contributed by atoms with E-state index >= 15 is 0 Å². The molecule has 17 heavy (non-hydrogen) atoms. The molecule has 1 unspecified atom stereocenters. The summed E-state index contributed by atoms with van der Waals surface area (Å²) < 4.78 is 0. The van der Waals surface area contributed by atoms with Crippen LogP contribution in [0, 0.1) is 0 Å². The van der Waals surface area contributed by atoms with Crippen LogP contribution in [-0.4, -0.2) is 6.71 Å². The van der Waals surface area contributed by atoms with Crippen molar-refractivity contribution in [3.05, 3.63) is 72.8 Å². The molecule has 0 heterocycles. The number of rotatable bonds is 3. The highest BCUT2D eigenvalue weighted by atomic mass is 14.3. The van der Waals surface area contributed by atoms with E-state index in [0.717, 1.165) is 0 Å². The smallest absolute Gasteiger partial charge is 0.100 e. The third-order valence-electron chi connectivity index (χ3n) is 3.57. The maximum atomic E-state index is 4.12. The van der Waals surface area contributed by atoms with E-state index in [1.165, 1.54) is 22.9 Å². The SMILES string of the molecule is C=C1CC1B(c1ccccc1)c1ccccc1. The molecule has 3 rings (SSSR count). The lowest BCUT2D eigenvalue weighted by Gasteiger charge is -2.13. The predicted octanol–water partition coefficient (Wildman–Crippen LogP) is 2.63. The van der Waals surface area contributed by atoms with Crippen molar-refractivity contribution in [2.75, 3.05) is 0 Å². The summed E-state index contributed by atoms with van der Waals surface area (Å²) in [6.07, 6.45) is 1.18. The van der Waals surface area contributed by atoms with Crippen molar-refractivity contribution in [3.8, 4) is 0 Å². The quantitative estimate of drug-likeness (QED) is 0.548. The molecule has 2 aromatic rings. The molecule has 0 aromatic heterocycles. The summed E-state index contributed by atoms with van der Waals surface area (Å²) in [7, 11) is 0. The van der Waals surface area contributed by atoms with E-state index in [1.807, 2.05) is 0 Å². The van der Waals surface area contributed by atoms with Crippen LogP contribution in [0.5, 0.6) is 0 Å². The molecule has 1 aliphatic carbocycles. The van der Waals surface area contributed by atoms with Gasteiger partial charge in [-0.2, -0.15) is 0 Å². The standard InChI is InChI=1S/C16H15B/c1-13-12-16(13)17(14-8-4-2-5-9-14)15-10-6-3-7-11-15/h2-11,16H,1,12H2. The molecular weight excluding hydrogens is 203 g/mol. The third-order valence-corrected chi connectivity index (χ3v) is 3.57. The van der Waals surface area contributed by atoms with Gasteiger partial charge in [-0.1, -0.05) is 77.2 Å². The molecule has 82 valence electrons. The van der Waals surface area contributed by atoms with Gasteiger partial charge in [-0.25, -0.2) is 0 Å². The monoisotopic (exact) mass is 218 g/mol. The Kier molecular flexibility index (Phi) is 2.60. The summed E-state index contributed by atoms with van der Waals surface area (Å²) in [4.78, 5) is 0. The van der Waals surface area contributed by atoms with E-state index < -0.39 is 0 Å². The van der Waals surface area contributed by atoms with Gasteiger partial charge < -0.3 is 0 Å². The van der Waals surface area contributed by atoms with Crippen molar-refractivity contribution in [1.82, 2.24) is 0 Å². The lowest BCUT2D eigenvalue weighted by molar-refractivity contribution is 1.43. The van der Waals surface area contributed by atoms with Crippen molar-refractivity contribution in [2.45, 2.75) is 12.2 Å². The fraction of sp³-hybridized carbons (Fsp3) is 0.125. The van der Waals surface area contributed by atoms with Gasteiger partial charge in [0, 0.05) is 0 Å². The average Bonchev–Trinajstić information content (AvgIpc) is 3.09. The van der Waals surface area contributed by atoms with Crippen molar-refractivity contribution in [2.24, 2.45) is 0 Å². The van der Waals surface area contributed by atoms with Gasteiger partial charge in [0.1, 0.15) is 0 Å². The summed E-state index contributed by atoms with van der Waals surface area (Å²) in [6, 6.07) is 21.5. The van der Waals surface area contributed by atoms with Gasteiger partial charge in [0.05, 0.1) is 0 Å². The van der Waals surface area contributed by atoms with Crippen molar-refractivity contribution in [3.63, 3.8) is 0 Å². The first-order chi connectivity index (χ1) is 8.36. The molecule has 0 amide bonds. The normalized spacial score (nSPS) is 17.9. The van der Waals surface area contributed by atoms with Crippen LogP contribution < -0.4 is 10.9 Å². The second kappa shape index (κ2) is 4.25. The Bertz CT molecular complexity index is 476. The number of hydrogen-bond acceptors (Lipinski definition) is 0. The molecule has 0 N–H and O–H groups in total. The molecule has 0 radical (unpaired) electrons. The summed E-state index contributed by atoms with van der Waals surface area (Å²) in [5, 5.41) is 0. The molecule has 0 nitrogen and oxygen atoms in total. The highest BCUT2D eigenvalue weighted by Gasteiger charge is 2.39. The first kappa shape index (κ1) is 10.4. The molecule has 1 aliphatic rings. The molecule has 1 fully saturated rings. The Morgan fingerprint density at radius 2 is 1.24 bits per heavy atom. The lowest BCUT2D eigenvalue weighted by atomic mass is 9.37. The lowest BCUT2D eigenvalue weighted by Crippen LogP contribution is -2.42. The maximum Gasteiger partial charge on any atom is 0.216 e. The summed E-state index contributed by atoms with van der Waals surface area (Å²) >= 11 is 0. The Labute approximate surface area is 103 Å². The molecule has 2 aromatic carbocycles. The first-order valence-corrected chi connectivity index (χ1v) is 6.14. The summed E-state index contributed by atoms with van der Waals surface area (Å²) in [6.45, 7) is 4.61. The topological polar surface area (TPSA) is 0 Å². The summed E-state index contributed by atoms with van der Waals surface area (Å²) in [5.74, 6) is 0.639. The Hall–Kier alpha value is -1.76. The second-order valence-corrected chi connectivity index (χ2v) is 4.77. The molecular formula is C16H15B. The van der Waals surface area contributed by atoms with E-state index in [9.17, 15) is 0 Å². The van der Waals surface area contributed by atoms with Crippen molar-refractivity contribution in [1.29, 1.82) is 0 Å². The Morgan fingerprint density at radius 1 is 0.824 bits per heavy atom. The highest BCUT2D eigenvalue weighted by Crippen LogP contribution is 2.44. The zero-order chi connectivity index (χ0) is 11.7. The zero-order valence-corrected chi connectivity index (χ0v) is 9.84. The minimum atomic E-state index is 0.491. The zero-order valence-electron chi connectivity index (χ0n) is 9.84. The van der Waals surface area contributed by atoms with Gasteiger partial charge in [-0.3, -0.25) is 0 Å². The predicted molar refractivity (Wildman–Crippen MR) is 75.4 cm³/mol. The molecule has 1 heteroatoms. The second-order valence-electron chi connectivity index (χ2n) is 4.77. The largest absolute Gasteiger partial charge is 0.216 e. The first-order valence-electron chi connectivity index (χ1n) is 6.14. The van der Waals surface area contributed by atoms with Gasteiger partial charge in [0.15, 0.2) is 0 Å². The molecule has 0 spiro atoms. The van der Waals surface area contributed by atoms with E-state index in [1.54, 1.807) is 0 Å². The van der Waals surface area contributed by atoms with Crippen LogP contribution >= 0.6 is 0 Å². The fourth-order valence-corrected chi connectivity index (χ4v) is 2.55. The molecule has 1 saturated carbocycles. The molecule has 0 aliphatic heterocycles. The fourth-order valence-electron chi connectivity index (χ4n) is 2.55. The van der Waals surface area contributed by atoms with E-state index in [4.69, 9.17) is 0 Å². The summed E-state index contributed by atoms with van der Waals surface area (Å²) in [5.41, 5.74) is 4.20. The van der Waals surface area contributed by atoms with Crippen LogP contribution in [0.25, 0.3) is 0 Å². The van der Waals surface area contributed by atoms with Crippen molar-refractivity contribution >= 4 is 17.6 Å². The minimum absolute atomic E-state index is 0.491.